The normalized spacial score (nSPS) is 22.3. The van der Waals surface area contributed by atoms with Crippen molar-refractivity contribution >= 4 is 18.0 Å². The van der Waals surface area contributed by atoms with Crippen molar-refractivity contribution in [2.75, 3.05) is 0 Å². The molecule has 4 heteroatoms. The standard InChI is InChI=1S/C15H14O4/c1-11(16)18-13-9-10-15(17)19-14(13)8-7-12-5-3-2-4-6-12/h2-10,13-14H,1H3/t13-,14-/m1/s1. The minimum atomic E-state index is -0.596. The van der Waals surface area contributed by atoms with Crippen LogP contribution in [0.3, 0.4) is 0 Å². The Morgan fingerprint density at radius 3 is 2.74 bits per heavy atom. The number of ether oxygens (including phenoxy) is 2. The van der Waals surface area contributed by atoms with E-state index in [1.807, 2.05) is 36.4 Å². The molecule has 0 bridgehead atoms. The maximum absolute atomic E-state index is 11.2. The van der Waals surface area contributed by atoms with Gasteiger partial charge in [0.25, 0.3) is 0 Å². The SMILES string of the molecule is CC(=O)O[C@@H]1C=CC(=O)O[C@@H]1C=Cc1ccccc1. The summed E-state index contributed by atoms with van der Waals surface area (Å²) in [5, 5.41) is 0. The topological polar surface area (TPSA) is 52.6 Å². The first kappa shape index (κ1) is 13.1. The van der Waals surface area contributed by atoms with Gasteiger partial charge in [-0.05, 0) is 17.7 Å². The molecular formula is C15H14O4. The van der Waals surface area contributed by atoms with E-state index in [1.54, 1.807) is 6.08 Å². The third-order valence-electron chi connectivity index (χ3n) is 2.58. The van der Waals surface area contributed by atoms with E-state index in [-0.39, 0.29) is 0 Å². The molecule has 0 aromatic heterocycles. The van der Waals surface area contributed by atoms with Crippen LogP contribution in [-0.4, -0.2) is 24.1 Å². The van der Waals surface area contributed by atoms with Crippen LogP contribution in [0.5, 0.6) is 0 Å². The van der Waals surface area contributed by atoms with Crippen LogP contribution in [0.15, 0.2) is 48.6 Å². The maximum atomic E-state index is 11.2. The van der Waals surface area contributed by atoms with Gasteiger partial charge in [0, 0.05) is 13.0 Å². The van der Waals surface area contributed by atoms with Gasteiger partial charge in [-0.3, -0.25) is 4.79 Å². The van der Waals surface area contributed by atoms with Crippen LogP contribution in [0.25, 0.3) is 6.08 Å². The molecule has 0 radical (unpaired) electrons. The van der Waals surface area contributed by atoms with Gasteiger partial charge in [0.15, 0.2) is 12.2 Å². The van der Waals surface area contributed by atoms with Crippen LogP contribution < -0.4 is 0 Å². The summed E-state index contributed by atoms with van der Waals surface area (Å²) in [6.07, 6.45) is 5.17. The smallest absolute Gasteiger partial charge is 0.331 e. The highest BCUT2D eigenvalue weighted by molar-refractivity contribution is 5.83. The molecule has 2 rings (SSSR count). The van der Waals surface area contributed by atoms with Crippen molar-refractivity contribution in [1.82, 2.24) is 0 Å². The molecule has 98 valence electrons. The Balaban J connectivity index is 2.11. The van der Waals surface area contributed by atoms with Crippen LogP contribution >= 0.6 is 0 Å². The first-order chi connectivity index (χ1) is 9.15. The van der Waals surface area contributed by atoms with E-state index in [9.17, 15) is 9.59 Å². The summed E-state index contributed by atoms with van der Waals surface area (Å²) in [4.78, 5) is 22.2. The van der Waals surface area contributed by atoms with E-state index in [1.165, 1.54) is 19.1 Å². The highest BCUT2D eigenvalue weighted by Crippen LogP contribution is 2.15. The lowest BCUT2D eigenvalue weighted by molar-refractivity contribution is -0.158. The van der Waals surface area contributed by atoms with Gasteiger partial charge in [-0.15, -0.1) is 0 Å². The summed E-state index contributed by atoms with van der Waals surface area (Å²) >= 11 is 0. The third-order valence-corrected chi connectivity index (χ3v) is 2.58. The van der Waals surface area contributed by atoms with Gasteiger partial charge in [0.1, 0.15) is 0 Å². The van der Waals surface area contributed by atoms with Gasteiger partial charge in [0.2, 0.25) is 0 Å². The minimum Gasteiger partial charge on any atom is -0.454 e. The average Bonchev–Trinajstić information content (AvgIpc) is 2.40. The first-order valence-electron chi connectivity index (χ1n) is 5.94. The monoisotopic (exact) mass is 258 g/mol. The minimum absolute atomic E-state index is 0.411. The van der Waals surface area contributed by atoms with Crippen LogP contribution in [-0.2, 0) is 19.1 Å². The molecule has 0 amide bonds. The highest BCUT2D eigenvalue weighted by Gasteiger charge is 2.26. The fourth-order valence-corrected chi connectivity index (χ4v) is 1.74. The predicted octanol–water partition coefficient (Wildman–Crippen LogP) is 2.11. The number of carbonyl (C=O) groups excluding carboxylic acids is 2. The van der Waals surface area contributed by atoms with Gasteiger partial charge in [-0.1, -0.05) is 36.4 Å². The molecule has 1 aromatic carbocycles. The molecule has 0 N–H and O–H groups in total. The van der Waals surface area contributed by atoms with E-state index in [4.69, 9.17) is 9.47 Å². The number of hydrogen-bond donors (Lipinski definition) is 0. The number of esters is 2. The molecule has 1 heterocycles. The summed E-state index contributed by atoms with van der Waals surface area (Å²) in [6.45, 7) is 1.32. The Morgan fingerprint density at radius 1 is 1.32 bits per heavy atom. The second-order valence-electron chi connectivity index (χ2n) is 4.10. The highest BCUT2D eigenvalue weighted by atomic mass is 16.6. The summed E-state index contributed by atoms with van der Waals surface area (Å²) in [5.41, 5.74) is 0.981. The molecule has 0 saturated carbocycles. The number of rotatable bonds is 3. The first-order valence-corrected chi connectivity index (χ1v) is 5.94. The Bertz CT molecular complexity index is 516. The Kier molecular flexibility index (Phi) is 4.13. The fourth-order valence-electron chi connectivity index (χ4n) is 1.74. The molecule has 1 aromatic rings. The molecule has 0 unspecified atom stereocenters. The molecule has 2 atom stereocenters. The van der Waals surface area contributed by atoms with Crippen LogP contribution in [0.2, 0.25) is 0 Å². The fraction of sp³-hybridized carbons (Fsp3) is 0.200. The number of carbonyl (C=O) groups is 2. The summed E-state index contributed by atoms with van der Waals surface area (Å²) in [5.74, 6) is -0.850. The van der Waals surface area contributed by atoms with Crippen molar-refractivity contribution in [3.05, 3.63) is 54.1 Å². The van der Waals surface area contributed by atoms with E-state index in [0.29, 0.717) is 0 Å². The molecule has 19 heavy (non-hydrogen) atoms. The predicted molar refractivity (Wildman–Crippen MR) is 70.1 cm³/mol. The quantitative estimate of drug-likeness (QED) is 0.779. The van der Waals surface area contributed by atoms with Gasteiger partial charge in [-0.25, -0.2) is 4.79 Å². The lowest BCUT2D eigenvalue weighted by Gasteiger charge is -2.24. The molecule has 4 nitrogen and oxygen atoms in total. The Labute approximate surface area is 111 Å². The molecule has 1 aliphatic rings. The molecule has 0 fully saturated rings. The molecule has 0 saturated heterocycles. The van der Waals surface area contributed by atoms with Gasteiger partial charge >= 0.3 is 11.9 Å². The number of cyclic esters (lactones) is 1. The average molecular weight is 258 g/mol. The second-order valence-corrected chi connectivity index (χ2v) is 4.10. The van der Waals surface area contributed by atoms with Gasteiger partial charge in [-0.2, -0.15) is 0 Å². The summed E-state index contributed by atoms with van der Waals surface area (Å²) in [7, 11) is 0. The van der Waals surface area contributed by atoms with E-state index >= 15 is 0 Å². The lowest BCUT2D eigenvalue weighted by atomic mass is 10.1. The molecular weight excluding hydrogens is 244 g/mol. The van der Waals surface area contributed by atoms with Crippen molar-refractivity contribution in [2.24, 2.45) is 0 Å². The zero-order valence-electron chi connectivity index (χ0n) is 10.5. The van der Waals surface area contributed by atoms with Crippen LogP contribution in [0.4, 0.5) is 0 Å². The van der Waals surface area contributed by atoms with Gasteiger partial charge < -0.3 is 9.47 Å². The third kappa shape index (κ3) is 3.81. The number of hydrogen-bond acceptors (Lipinski definition) is 4. The number of benzene rings is 1. The van der Waals surface area contributed by atoms with E-state index in [2.05, 4.69) is 0 Å². The van der Waals surface area contributed by atoms with Crippen molar-refractivity contribution in [2.45, 2.75) is 19.1 Å². The largest absolute Gasteiger partial charge is 0.454 e. The second kappa shape index (κ2) is 6.00. The van der Waals surface area contributed by atoms with Crippen LogP contribution in [0, 0.1) is 0 Å². The van der Waals surface area contributed by atoms with Gasteiger partial charge in [0.05, 0.1) is 0 Å². The zero-order chi connectivity index (χ0) is 13.7. The maximum Gasteiger partial charge on any atom is 0.331 e. The van der Waals surface area contributed by atoms with Crippen molar-refractivity contribution < 1.29 is 19.1 Å². The molecule has 1 aliphatic heterocycles. The summed E-state index contributed by atoms with van der Waals surface area (Å²) < 4.78 is 10.2. The lowest BCUT2D eigenvalue weighted by Crippen LogP contribution is -2.34. The molecule has 0 spiro atoms. The summed E-state index contributed by atoms with van der Waals surface area (Å²) in [6, 6.07) is 9.60. The Morgan fingerprint density at radius 2 is 2.05 bits per heavy atom. The van der Waals surface area contributed by atoms with E-state index in [0.717, 1.165) is 5.56 Å². The van der Waals surface area contributed by atoms with Crippen molar-refractivity contribution in [1.29, 1.82) is 0 Å². The van der Waals surface area contributed by atoms with Crippen molar-refractivity contribution in [3.8, 4) is 0 Å². The Hall–Kier alpha value is -2.36. The molecule has 0 aliphatic carbocycles. The van der Waals surface area contributed by atoms with Crippen LogP contribution in [0.1, 0.15) is 12.5 Å². The zero-order valence-corrected chi connectivity index (χ0v) is 10.5. The van der Waals surface area contributed by atoms with E-state index < -0.39 is 24.1 Å². The van der Waals surface area contributed by atoms with Crippen molar-refractivity contribution in [3.63, 3.8) is 0 Å².